The molecule has 0 aromatic carbocycles. The van der Waals surface area contributed by atoms with Crippen molar-refractivity contribution in [1.29, 1.82) is 0 Å². The summed E-state index contributed by atoms with van der Waals surface area (Å²) in [4.78, 5) is 3.83. The predicted octanol–water partition coefficient (Wildman–Crippen LogP) is 2.64. The van der Waals surface area contributed by atoms with Gasteiger partial charge in [0.05, 0.1) is 6.34 Å². The van der Waals surface area contributed by atoms with E-state index in [1.165, 1.54) is 12.8 Å². The van der Waals surface area contributed by atoms with E-state index in [9.17, 15) is 0 Å². The highest BCUT2D eigenvalue weighted by Crippen LogP contribution is 2.55. The van der Waals surface area contributed by atoms with Gasteiger partial charge in [0, 0.05) is 19.9 Å². The number of hydrogen-bond acceptors (Lipinski definition) is 4. The van der Waals surface area contributed by atoms with Crippen LogP contribution in [0.4, 0.5) is 0 Å². The monoisotopic (exact) mass is 240 g/mol. The molecule has 78 valence electrons. The molecular weight excluding hydrogens is 223 g/mol. The van der Waals surface area contributed by atoms with Gasteiger partial charge in [-0.15, -0.1) is 0 Å². The summed E-state index contributed by atoms with van der Waals surface area (Å²) in [5.41, 5.74) is -1.90. The van der Waals surface area contributed by atoms with Crippen LogP contribution in [0.2, 0.25) is 0 Å². The minimum atomic E-state index is -1.90. The first-order valence-corrected chi connectivity index (χ1v) is 8.48. The highest BCUT2D eigenvalue weighted by molar-refractivity contribution is 8.68. The minimum absolute atomic E-state index is 1.05. The van der Waals surface area contributed by atoms with Crippen molar-refractivity contribution in [2.45, 2.75) is 19.8 Å². The Hall–Kier alpha value is 0.430. The summed E-state index contributed by atoms with van der Waals surface area (Å²) in [6, 6.07) is 0. The summed E-state index contributed by atoms with van der Waals surface area (Å²) in [7, 11) is 3.36. The number of hydrogen-bond donors (Lipinski definition) is 1. The van der Waals surface area contributed by atoms with Crippen LogP contribution in [0.3, 0.4) is 0 Å². The van der Waals surface area contributed by atoms with Crippen molar-refractivity contribution in [1.82, 2.24) is 5.09 Å². The van der Waals surface area contributed by atoms with Crippen LogP contribution in [0.1, 0.15) is 19.8 Å². The smallest absolute Gasteiger partial charge is 0.210 e. The van der Waals surface area contributed by atoms with Crippen molar-refractivity contribution in [2.75, 3.05) is 19.9 Å². The molecule has 0 aliphatic rings. The first-order valence-electron chi connectivity index (χ1n) is 4.17. The molecule has 0 aromatic rings. The molecule has 0 aliphatic heterocycles. The number of rotatable bonds is 7. The van der Waals surface area contributed by atoms with E-state index in [2.05, 4.69) is 17.0 Å². The zero-order chi connectivity index (χ0) is 10.2. The Morgan fingerprint density at radius 1 is 1.69 bits per heavy atom. The van der Waals surface area contributed by atoms with Gasteiger partial charge in [-0.3, -0.25) is 4.99 Å². The van der Waals surface area contributed by atoms with Gasteiger partial charge in [-0.1, -0.05) is 24.7 Å². The molecule has 0 aromatic heterocycles. The van der Waals surface area contributed by atoms with Gasteiger partial charge in [-0.25, -0.2) is 0 Å². The maximum absolute atomic E-state index is 5.33. The van der Waals surface area contributed by atoms with E-state index in [1.54, 1.807) is 31.9 Å². The van der Waals surface area contributed by atoms with Crippen molar-refractivity contribution in [3.63, 3.8) is 0 Å². The van der Waals surface area contributed by atoms with Crippen LogP contribution in [0.5, 0.6) is 0 Å². The molecule has 0 fully saturated rings. The van der Waals surface area contributed by atoms with Gasteiger partial charge in [-0.2, -0.15) is 0 Å². The third kappa shape index (κ3) is 6.49. The molecule has 0 aliphatic carbocycles. The van der Waals surface area contributed by atoms with Gasteiger partial charge < -0.3 is 9.61 Å². The molecule has 0 radical (unpaired) electrons. The van der Waals surface area contributed by atoms with Crippen LogP contribution in [0, 0.1) is 0 Å². The summed E-state index contributed by atoms with van der Waals surface area (Å²) in [6.07, 6.45) is 3.98. The topological polar surface area (TPSA) is 33.6 Å². The minimum Gasteiger partial charge on any atom is -0.330 e. The standard InChI is InChI=1S/C7H17N2OPS2/c1-4-5-6-13-11(12,10-3)9-7-8-2/h7H,4-6H2,1-3H3,(H,8,9,12). The Kier molecular flexibility index (Phi) is 8.06. The Labute approximate surface area is 89.6 Å². The summed E-state index contributed by atoms with van der Waals surface area (Å²) in [5, 5.41) is 3.03. The van der Waals surface area contributed by atoms with Crippen LogP contribution in [-0.4, -0.2) is 26.2 Å². The van der Waals surface area contributed by atoms with Gasteiger partial charge >= 0.3 is 0 Å². The summed E-state index contributed by atoms with van der Waals surface area (Å²) in [5.74, 6) is 1.05. The number of aliphatic imine (C=N–C) groups is 1. The van der Waals surface area contributed by atoms with E-state index in [-0.39, 0.29) is 0 Å². The van der Waals surface area contributed by atoms with Crippen LogP contribution in [0.25, 0.3) is 0 Å². The van der Waals surface area contributed by atoms with Crippen LogP contribution in [0.15, 0.2) is 4.99 Å². The second-order valence-corrected chi connectivity index (χ2v) is 9.22. The lowest BCUT2D eigenvalue weighted by Crippen LogP contribution is -2.06. The van der Waals surface area contributed by atoms with Crippen molar-refractivity contribution in [2.24, 2.45) is 4.99 Å². The number of nitrogens with one attached hydrogen (secondary N) is 1. The molecule has 0 amide bonds. The molecule has 0 heterocycles. The van der Waals surface area contributed by atoms with Crippen molar-refractivity contribution < 1.29 is 4.52 Å². The van der Waals surface area contributed by atoms with Gasteiger partial charge in [0.1, 0.15) is 0 Å². The Bertz CT molecular complexity index is 199. The van der Waals surface area contributed by atoms with Crippen molar-refractivity contribution in [3.05, 3.63) is 0 Å². The SMILES string of the molecule is CCCCSP(=S)(NC=NC)OC. The summed E-state index contributed by atoms with van der Waals surface area (Å²) in [6.45, 7) is 2.16. The molecule has 0 saturated carbocycles. The average Bonchev–Trinajstić information content (AvgIpc) is 2.15. The molecule has 0 spiro atoms. The van der Waals surface area contributed by atoms with E-state index >= 15 is 0 Å². The fraction of sp³-hybridized carbons (Fsp3) is 0.857. The highest BCUT2D eigenvalue weighted by Gasteiger charge is 2.13. The molecule has 0 saturated heterocycles. The second-order valence-electron chi connectivity index (χ2n) is 2.38. The number of unbranched alkanes of at least 4 members (excludes halogenated alkanes) is 1. The first kappa shape index (κ1) is 13.4. The average molecular weight is 240 g/mol. The fourth-order valence-corrected chi connectivity index (χ4v) is 4.40. The van der Waals surface area contributed by atoms with Gasteiger partial charge in [0.25, 0.3) is 0 Å². The first-order chi connectivity index (χ1) is 6.18. The molecule has 1 unspecified atom stereocenters. The molecule has 13 heavy (non-hydrogen) atoms. The molecule has 1 atom stereocenters. The maximum atomic E-state index is 5.33. The van der Waals surface area contributed by atoms with Gasteiger partial charge in [-0.05, 0) is 18.2 Å². The van der Waals surface area contributed by atoms with E-state index in [4.69, 9.17) is 16.3 Å². The Morgan fingerprint density at radius 2 is 2.38 bits per heavy atom. The largest absolute Gasteiger partial charge is 0.330 e. The quantitative estimate of drug-likeness (QED) is 0.321. The lowest BCUT2D eigenvalue weighted by molar-refractivity contribution is 0.467. The van der Waals surface area contributed by atoms with E-state index < -0.39 is 5.62 Å². The molecular formula is C7H17N2OPS2. The fourth-order valence-electron chi connectivity index (χ4n) is 0.600. The number of nitrogens with zero attached hydrogens (tertiary/aromatic N) is 1. The van der Waals surface area contributed by atoms with Crippen molar-refractivity contribution in [3.8, 4) is 0 Å². The second kappa shape index (κ2) is 7.80. The van der Waals surface area contributed by atoms with E-state index in [1.807, 2.05) is 0 Å². The summed E-state index contributed by atoms with van der Waals surface area (Å²) >= 11 is 7.02. The predicted molar refractivity (Wildman–Crippen MR) is 66.2 cm³/mol. The van der Waals surface area contributed by atoms with Gasteiger partial charge in [0.15, 0.2) is 0 Å². The Morgan fingerprint density at radius 3 is 2.85 bits per heavy atom. The lowest BCUT2D eigenvalue weighted by Gasteiger charge is -2.18. The lowest BCUT2D eigenvalue weighted by atomic mass is 10.4. The maximum Gasteiger partial charge on any atom is 0.210 e. The van der Waals surface area contributed by atoms with E-state index in [0.29, 0.717) is 0 Å². The van der Waals surface area contributed by atoms with Crippen molar-refractivity contribution >= 4 is 35.1 Å². The van der Waals surface area contributed by atoms with Gasteiger partial charge in [0.2, 0.25) is 5.62 Å². The highest BCUT2D eigenvalue weighted by atomic mass is 32.9. The molecule has 1 N–H and O–H groups in total. The third-order valence-electron chi connectivity index (χ3n) is 1.34. The third-order valence-corrected chi connectivity index (χ3v) is 7.11. The van der Waals surface area contributed by atoms with E-state index in [0.717, 1.165) is 5.75 Å². The molecule has 3 nitrogen and oxygen atoms in total. The molecule has 0 rings (SSSR count). The normalized spacial score (nSPS) is 15.9. The zero-order valence-electron chi connectivity index (χ0n) is 8.32. The summed E-state index contributed by atoms with van der Waals surface area (Å²) < 4.78 is 5.27. The van der Waals surface area contributed by atoms with Crippen LogP contribution < -0.4 is 5.09 Å². The van der Waals surface area contributed by atoms with Crippen LogP contribution in [-0.2, 0) is 16.3 Å². The molecule has 0 bridgehead atoms. The zero-order valence-corrected chi connectivity index (χ0v) is 10.8. The Balaban J connectivity index is 3.89. The molecule has 6 heteroatoms. The van der Waals surface area contributed by atoms with Crippen LogP contribution >= 0.6 is 17.0 Å².